The minimum Gasteiger partial charge on any atom is -0.242 e. The number of pyridine rings is 1. The molecule has 0 N–H and O–H groups in total. The zero-order valence-corrected chi connectivity index (χ0v) is 14.7. The Bertz CT molecular complexity index is 1080. The molecule has 24 heavy (non-hydrogen) atoms. The van der Waals surface area contributed by atoms with Crippen LogP contribution < -0.4 is 0 Å². The molecule has 0 aromatic carbocycles. The molecule has 0 unspecified atom stereocenters. The molecule has 4 heterocycles. The second-order valence-electron chi connectivity index (χ2n) is 7.05. The van der Waals surface area contributed by atoms with Crippen LogP contribution in [0.25, 0.3) is 26.1 Å². The van der Waals surface area contributed by atoms with Crippen molar-refractivity contribution < 1.29 is 0 Å². The molecule has 4 aromatic rings. The lowest BCUT2D eigenvalue weighted by atomic mass is 9.87. The lowest BCUT2D eigenvalue weighted by Crippen LogP contribution is -2.11. The predicted octanol–water partition coefficient (Wildman–Crippen LogP) is 3.96. The van der Waals surface area contributed by atoms with Gasteiger partial charge >= 0.3 is 0 Å². The van der Waals surface area contributed by atoms with Gasteiger partial charge in [-0.1, -0.05) is 13.8 Å². The number of aromatic nitrogens is 5. The third-order valence-corrected chi connectivity index (χ3v) is 5.96. The second kappa shape index (κ2) is 5.21. The van der Waals surface area contributed by atoms with E-state index in [1.54, 1.807) is 28.5 Å². The Hall–Kier alpha value is -2.08. The van der Waals surface area contributed by atoms with Gasteiger partial charge in [-0.05, 0) is 49.1 Å². The van der Waals surface area contributed by atoms with E-state index in [1.165, 1.54) is 35.0 Å². The van der Waals surface area contributed by atoms with E-state index in [0.717, 1.165) is 40.0 Å². The van der Waals surface area contributed by atoms with Crippen LogP contribution in [0.1, 0.15) is 43.5 Å². The molecule has 0 bridgehead atoms. The lowest BCUT2D eigenvalue weighted by Gasteiger charge is -2.20. The van der Waals surface area contributed by atoms with Crippen molar-refractivity contribution in [3.63, 3.8) is 0 Å². The summed E-state index contributed by atoms with van der Waals surface area (Å²) in [6.45, 7) is 4.54. The normalized spacial score (nSPS) is 15.0. The van der Waals surface area contributed by atoms with Crippen LogP contribution in [0.5, 0.6) is 0 Å². The number of hydrogen-bond acceptors (Lipinski definition) is 5. The molecule has 0 saturated heterocycles. The van der Waals surface area contributed by atoms with Gasteiger partial charge in [0.1, 0.15) is 22.2 Å². The van der Waals surface area contributed by atoms with E-state index in [0.29, 0.717) is 5.92 Å². The Morgan fingerprint density at radius 2 is 2.00 bits per heavy atom. The quantitative estimate of drug-likeness (QED) is 0.555. The van der Waals surface area contributed by atoms with Gasteiger partial charge in [0.2, 0.25) is 0 Å². The zero-order valence-electron chi connectivity index (χ0n) is 13.9. The van der Waals surface area contributed by atoms with Gasteiger partial charge in [-0.15, -0.1) is 11.3 Å². The minimum absolute atomic E-state index is 0.622. The largest absolute Gasteiger partial charge is 0.242 e. The van der Waals surface area contributed by atoms with Crippen LogP contribution in [0, 0.1) is 5.92 Å². The summed E-state index contributed by atoms with van der Waals surface area (Å²) in [6, 6.07) is 0. The van der Waals surface area contributed by atoms with Gasteiger partial charge in [-0.2, -0.15) is 5.10 Å². The average Bonchev–Trinajstić information content (AvgIpc) is 3.17. The third kappa shape index (κ3) is 1.99. The van der Waals surface area contributed by atoms with Crippen molar-refractivity contribution in [2.75, 3.05) is 0 Å². The van der Waals surface area contributed by atoms with Crippen LogP contribution in [-0.2, 0) is 19.3 Å². The Kier molecular flexibility index (Phi) is 3.10. The summed E-state index contributed by atoms with van der Waals surface area (Å²) in [5.41, 5.74) is 6.22. The summed E-state index contributed by atoms with van der Waals surface area (Å²) in [7, 11) is 0. The van der Waals surface area contributed by atoms with E-state index in [9.17, 15) is 0 Å². The molecule has 0 spiro atoms. The smallest absolute Gasteiger partial charge is 0.176 e. The van der Waals surface area contributed by atoms with Gasteiger partial charge in [0.15, 0.2) is 5.65 Å². The van der Waals surface area contributed by atoms with Crippen molar-refractivity contribution in [2.45, 2.75) is 46.0 Å². The van der Waals surface area contributed by atoms with E-state index in [-0.39, 0.29) is 0 Å². The molecule has 0 saturated carbocycles. The number of thiophene rings is 1. The van der Waals surface area contributed by atoms with Crippen LogP contribution in [0.4, 0.5) is 0 Å². The van der Waals surface area contributed by atoms with Crippen LogP contribution in [-0.4, -0.2) is 24.6 Å². The first-order valence-corrected chi connectivity index (χ1v) is 9.45. The van der Waals surface area contributed by atoms with Crippen molar-refractivity contribution in [1.82, 2.24) is 24.6 Å². The fraction of sp³-hybridized carbons (Fsp3) is 0.444. The number of fused-ring (bicyclic) bond motifs is 7. The molecule has 5 nitrogen and oxygen atoms in total. The van der Waals surface area contributed by atoms with Crippen LogP contribution in [0.3, 0.4) is 0 Å². The minimum atomic E-state index is 0.622. The SMILES string of the molecule is CC(C)Cc1nc2sc3c(ncn4ncnc34)c2c2c1CCCC2. The van der Waals surface area contributed by atoms with E-state index in [1.807, 2.05) is 0 Å². The van der Waals surface area contributed by atoms with Crippen LogP contribution in [0.2, 0.25) is 0 Å². The first-order chi connectivity index (χ1) is 11.7. The zero-order chi connectivity index (χ0) is 16.3. The van der Waals surface area contributed by atoms with E-state index >= 15 is 0 Å². The van der Waals surface area contributed by atoms with Gasteiger partial charge in [0.25, 0.3) is 0 Å². The predicted molar refractivity (Wildman–Crippen MR) is 96.7 cm³/mol. The molecule has 122 valence electrons. The first kappa shape index (κ1) is 14.3. The highest BCUT2D eigenvalue weighted by Crippen LogP contribution is 2.40. The summed E-state index contributed by atoms with van der Waals surface area (Å²) in [4.78, 5) is 15.3. The Labute approximate surface area is 143 Å². The van der Waals surface area contributed by atoms with Gasteiger partial charge in [0.05, 0.1) is 5.52 Å². The van der Waals surface area contributed by atoms with Crippen LogP contribution >= 0.6 is 11.3 Å². The Balaban J connectivity index is 1.90. The molecule has 0 aliphatic heterocycles. The van der Waals surface area contributed by atoms with Crippen molar-refractivity contribution in [2.24, 2.45) is 5.92 Å². The molecular formula is C18H19N5S. The molecular weight excluding hydrogens is 318 g/mol. The third-order valence-electron chi connectivity index (χ3n) is 4.89. The number of aryl methyl sites for hydroxylation is 1. The lowest BCUT2D eigenvalue weighted by molar-refractivity contribution is 0.615. The summed E-state index contributed by atoms with van der Waals surface area (Å²) >= 11 is 1.71. The number of rotatable bonds is 2. The number of nitrogens with zero attached hydrogens (tertiary/aromatic N) is 5. The summed E-state index contributed by atoms with van der Waals surface area (Å²) in [5.74, 6) is 0.622. The summed E-state index contributed by atoms with van der Waals surface area (Å²) < 4.78 is 2.85. The molecule has 4 aromatic heterocycles. The molecule has 0 atom stereocenters. The van der Waals surface area contributed by atoms with Crippen LogP contribution in [0.15, 0.2) is 12.7 Å². The summed E-state index contributed by atoms with van der Waals surface area (Å²) in [6.07, 6.45) is 9.25. The van der Waals surface area contributed by atoms with Gasteiger partial charge in [-0.3, -0.25) is 0 Å². The van der Waals surface area contributed by atoms with Gasteiger partial charge < -0.3 is 0 Å². The maximum absolute atomic E-state index is 5.08. The van der Waals surface area contributed by atoms with E-state index < -0.39 is 0 Å². The Morgan fingerprint density at radius 3 is 2.83 bits per heavy atom. The highest BCUT2D eigenvalue weighted by Gasteiger charge is 2.23. The maximum atomic E-state index is 5.08. The fourth-order valence-corrected chi connectivity index (χ4v) is 5.05. The molecule has 0 radical (unpaired) electrons. The van der Waals surface area contributed by atoms with E-state index in [2.05, 4.69) is 23.9 Å². The second-order valence-corrected chi connectivity index (χ2v) is 8.05. The average molecular weight is 337 g/mol. The van der Waals surface area contributed by atoms with Gasteiger partial charge in [-0.25, -0.2) is 19.5 Å². The monoisotopic (exact) mass is 337 g/mol. The highest BCUT2D eigenvalue weighted by atomic mass is 32.1. The molecule has 1 aliphatic rings. The fourth-order valence-electron chi connectivity index (χ4n) is 3.89. The topological polar surface area (TPSA) is 56.0 Å². The van der Waals surface area contributed by atoms with E-state index in [4.69, 9.17) is 9.97 Å². The first-order valence-electron chi connectivity index (χ1n) is 8.63. The Morgan fingerprint density at radius 1 is 1.17 bits per heavy atom. The standard InChI is InChI=1S/C18H19N5S/c1-10(2)7-13-11-5-3-4-6-12(11)14-15-16(24-18(14)22-13)17-19-8-21-23(17)9-20-15/h8-10H,3-7H2,1-2H3. The van der Waals surface area contributed by atoms with Crippen molar-refractivity contribution >= 4 is 37.4 Å². The molecule has 0 fully saturated rings. The highest BCUT2D eigenvalue weighted by molar-refractivity contribution is 7.26. The molecule has 1 aliphatic carbocycles. The van der Waals surface area contributed by atoms with Crippen molar-refractivity contribution in [3.8, 4) is 0 Å². The number of hydrogen-bond donors (Lipinski definition) is 0. The maximum Gasteiger partial charge on any atom is 0.176 e. The molecule has 5 rings (SSSR count). The van der Waals surface area contributed by atoms with Crippen molar-refractivity contribution in [1.29, 1.82) is 0 Å². The summed E-state index contributed by atoms with van der Waals surface area (Å²) in [5, 5.41) is 5.48. The van der Waals surface area contributed by atoms with Crippen molar-refractivity contribution in [3.05, 3.63) is 29.5 Å². The van der Waals surface area contributed by atoms with Gasteiger partial charge in [0, 0.05) is 11.1 Å². The molecule has 0 amide bonds. The molecule has 6 heteroatoms.